The minimum absolute atomic E-state index is 0.0473. The summed E-state index contributed by atoms with van der Waals surface area (Å²) in [5.74, 6) is 0.0982. The quantitative estimate of drug-likeness (QED) is 0.364. The minimum Gasteiger partial charge on any atom is -0.504 e. The highest BCUT2D eigenvalue weighted by molar-refractivity contribution is 5.87. The first kappa shape index (κ1) is 19.1. The van der Waals surface area contributed by atoms with Crippen LogP contribution in [-0.2, 0) is 9.53 Å². The lowest BCUT2D eigenvalue weighted by atomic mass is 10.1. The molecule has 0 atom stereocenters. The fourth-order valence-corrected chi connectivity index (χ4v) is 2.25. The number of phenolic OH excluding ortho intramolecular Hbond substituents is 1. The molecule has 4 heteroatoms. The van der Waals surface area contributed by atoms with Crippen LogP contribution in [0.4, 0.5) is 0 Å². The smallest absolute Gasteiger partial charge is 0.330 e. The number of carbonyl (C=O) groups excluding carboxylic acids is 1. The molecule has 0 saturated carbocycles. The van der Waals surface area contributed by atoms with Crippen molar-refractivity contribution >= 4 is 12.0 Å². The molecule has 0 aromatic heterocycles. The van der Waals surface area contributed by atoms with Crippen molar-refractivity contribution in [3.8, 4) is 11.5 Å². The van der Waals surface area contributed by atoms with E-state index in [4.69, 9.17) is 9.47 Å². The second-order valence-corrected chi connectivity index (χ2v) is 5.55. The van der Waals surface area contributed by atoms with Gasteiger partial charge in [0.1, 0.15) is 0 Å². The molecule has 0 aliphatic rings. The van der Waals surface area contributed by atoms with Crippen LogP contribution in [0.25, 0.3) is 6.08 Å². The molecular weight excluding hydrogens is 292 g/mol. The van der Waals surface area contributed by atoms with Gasteiger partial charge in [-0.1, -0.05) is 51.5 Å². The van der Waals surface area contributed by atoms with Gasteiger partial charge in [-0.2, -0.15) is 0 Å². The molecule has 0 unspecified atom stereocenters. The van der Waals surface area contributed by atoms with Crippen molar-refractivity contribution in [1.29, 1.82) is 0 Å². The monoisotopic (exact) mass is 320 g/mol. The van der Waals surface area contributed by atoms with Crippen LogP contribution in [-0.4, -0.2) is 24.8 Å². The van der Waals surface area contributed by atoms with E-state index in [-0.39, 0.29) is 11.7 Å². The van der Waals surface area contributed by atoms with Crippen LogP contribution < -0.4 is 4.74 Å². The summed E-state index contributed by atoms with van der Waals surface area (Å²) < 4.78 is 10.1. The van der Waals surface area contributed by atoms with Gasteiger partial charge in [0.2, 0.25) is 0 Å². The summed E-state index contributed by atoms with van der Waals surface area (Å²) in [7, 11) is 1.49. The van der Waals surface area contributed by atoms with Gasteiger partial charge in [-0.15, -0.1) is 0 Å². The van der Waals surface area contributed by atoms with Gasteiger partial charge in [0.15, 0.2) is 11.5 Å². The van der Waals surface area contributed by atoms with Crippen molar-refractivity contribution in [2.45, 2.75) is 51.9 Å². The average molecular weight is 320 g/mol. The zero-order chi connectivity index (χ0) is 16.9. The van der Waals surface area contributed by atoms with E-state index in [0.717, 1.165) is 18.4 Å². The van der Waals surface area contributed by atoms with Crippen LogP contribution in [0.1, 0.15) is 57.4 Å². The molecule has 4 nitrogen and oxygen atoms in total. The van der Waals surface area contributed by atoms with E-state index in [1.54, 1.807) is 24.3 Å². The third-order valence-corrected chi connectivity index (χ3v) is 3.61. The highest BCUT2D eigenvalue weighted by Gasteiger charge is 2.01. The summed E-state index contributed by atoms with van der Waals surface area (Å²) in [4.78, 5) is 11.6. The third kappa shape index (κ3) is 8.29. The molecule has 23 heavy (non-hydrogen) atoms. The summed E-state index contributed by atoms with van der Waals surface area (Å²) in [6.45, 7) is 2.67. The van der Waals surface area contributed by atoms with Gasteiger partial charge in [-0.25, -0.2) is 4.79 Å². The van der Waals surface area contributed by atoms with E-state index in [1.165, 1.54) is 45.3 Å². The number of benzene rings is 1. The Hall–Kier alpha value is -1.97. The van der Waals surface area contributed by atoms with E-state index in [9.17, 15) is 9.90 Å². The van der Waals surface area contributed by atoms with Crippen molar-refractivity contribution in [1.82, 2.24) is 0 Å². The Kier molecular flexibility index (Phi) is 9.60. The summed E-state index contributed by atoms with van der Waals surface area (Å²) in [5.41, 5.74) is 0.719. The highest BCUT2D eigenvalue weighted by Crippen LogP contribution is 2.26. The van der Waals surface area contributed by atoms with Crippen LogP contribution in [0, 0.1) is 0 Å². The van der Waals surface area contributed by atoms with Crippen LogP contribution in [0.5, 0.6) is 11.5 Å². The zero-order valence-corrected chi connectivity index (χ0v) is 14.2. The number of esters is 1. The van der Waals surface area contributed by atoms with Gasteiger partial charge in [0.25, 0.3) is 0 Å². The average Bonchev–Trinajstić information content (AvgIpc) is 2.55. The van der Waals surface area contributed by atoms with E-state index in [2.05, 4.69) is 6.92 Å². The van der Waals surface area contributed by atoms with Crippen molar-refractivity contribution in [2.24, 2.45) is 0 Å². The Morgan fingerprint density at radius 2 is 1.83 bits per heavy atom. The van der Waals surface area contributed by atoms with Crippen molar-refractivity contribution in [3.05, 3.63) is 29.8 Å². The normalized spacial score (nSPS) is 10.9. The van der Waals surface area contributed by atoms with Gasteiger partial charge in [0, 0.05) is 6.08 Å². The van der Waals surface area contributed by atoms with Gasteiger partial charge in [0.05, 0.1) is 13.7 Å². The van der Waals surface area contributed by atoms with E-state index >= 15 is 0 Å². The number of carbonyl (C=O) groups is 1. The molecule has 1 N–H and O–H groups in total. The maximum atomic E-state index is 11.6. The molecule has 0 spiro atoms. The molecule has 0 amide bonds. The summed E-state index contributed by atoms with van der Waals surface area (Å²) in [6, 6.07) is 4.95. The Morgan fingerprint density at radius 1 is 1.13 bits per heavy atom. The molecule has 1 aromatic carbocycles. The number of aromatic hydroxyl groups is 1. The first-order valence-corrected chi connectivity index (χ1v) is 8.39. The fraction of sp³-hybridized carbons (Fsp3) is 0.526. The van der Waals surface area contributed by atoms with Crippen LogP contribution in [0.3, 0.4) is 0 Å². The molecule has 0 aliphatic heterocycles. The van der Waals surface area contributed by atoms with Gasteiger partial charge >= 0.3 is 5.97 Å². The first-order chi connectivity index (χ1) is 11.2. The standard InChI is InChI=1S/C19H28O4/c1-3-4-5-6-7-8-9-14-23-19(21)13-11-16-10-12-18(22-2)17(20)15-16/h10-13,15,20H,3-9,14H2,1-2H3/b13-11+. The van der Waals surface area contributed by atoms with Gasteiger partial charge in [-0.05, 0) is 30.2 Å². The second kappa shape index (κ2) is 11.6. The number of hydrogen-bond donors (Lipinski definition) is 1. The predicted molar refractivity (Wildman–Crippen MR) is 92.6 cm³/mol. The van der Waals surface area contributed by atoms with Crippen molar-refractivity contribution in [3.63, 3.8) is 0 Å². The Morgan fingerprint density at radius 3 is 2.48 bits per heavy atom. The third-order valence-electron chi connectivity index (χ3n) is 3.61. The number of phenols is 1. The van der Waals surface area contributed by atoms with Gasteiger partial charge < -0.3 is 14.6 Å². The van der Waals surface area contributed by atoms with Crippen molar-refractivity contribution < 1.29 is 19.4 Å². The predicted octanol–water partition coefficient (Wildman–Crippen LogP) is 4.71. The van der Waals surface area contributed by atoms with Crippen LogP contribution >= 0.6 is 0 Å². The number of hydrogen-bond acceptors (Lipinski definition) is 4. The lowest BCUT2D eigenvalue weighted by Crippen LogP contribution is -2.02. The zero-order valence-electron chi connectivity index (χ0n) is 14.2. The molecule has 0 saturated heterocycles. The number of methoxy groups -OCH3 is 1. The molecule has 0 heterocycles. The maximum Gasteiger partial charge on any atom is 0.330 e. The number of ether oxygens (including phenoxy) is 2. The first-order valence-electron chi connectivity index (χ1n) is 8.39. The molecule has 0 fully saturated rings. The topological polar surface area (TPSA) is 55.8 Å². The van der Waals surface area contributed by atoms with Gasteiger partial charge in [-0.3, -0.25) is 0 Å². The summed E-state index contributed by atoms with van der Waals surface area (Å²) in [5, 5.41) is 9.66. The molecule has 128 valence electrons. The Labute approximate surface area is 139 Å². The van der Waals surface area contributed by atoms with Crippen LogP contribution in [0.15, 0.2) is 24.3 Å². The second-order valence-electron chi connectivity index (χ2n) is 5.55. The van der Waals surface area contributed by atoms with Crippen molar-refractivity contribution in [2.75, 3.05) is 13.7 Å². The Balaban J connectivity index is 2.19. The maximum absolute atomic E-state index is 11.6. The molecule has 0 radical (unpaired) electrons. The highest BCUT2D eigenvalue weighted by atomic mass is 16.5. The van der Waals surface area contributed by atoms with E-state index in [1.807, 2.05) is 0 Å². The lowest BCUT2D eigenvalue weighted by molar-refractivity contribution is -0.137. The van der Waals surface area contributed by atoms with Crippen LogP contribution in [0.2, 0.25) is 0 Å². The molecule has 0 aliphatic carbocycles. The summed E-state index contributed by atoms with van der Waals surface area (Å²) >= 11 is 0. The van der Waals surface area contributed by atoms with E-state index < -0.39 is 0 Å². The number of rotatable bonds is 11. The Bertz CT molecular complexity index is 494. The lowest BCUT2D eigenvalue weighted by Gasteiger charge is -2.04. The molecule has 0 bridgehead atoms. The fourth-order valence-electron chi connectivity index (χ4n) is 2.25. The van der Waals surface area contributed by atoms with E-state index in [0.29, 0.717) is 12.4 Å². The molecular formula is C19H28O4. The minimum atomic E-state index is -0.355. The molecule has 1 aromatic rings. The summed E-state index contributed by atoms with van der Waals surface area (Å²) in [6.07, 6.45) is 11.3. The SMILES string of the molecule is CCCCCCCCCOC(=O)/C=C/c1ccc(OC)c(O)c1. The number of unbranched alkanes of at least 4 members (excludes halogenated alkanes) is 6. The molecule has 1 rings (SSSR count). The largest absolute Gasteiger partial charge is 0.504 e.